The number of aromatic nitrogens is 3. The number of nitrogens with one attached hydrogen (secondary N) is 2. The second-order valence-corrected chi connectivity index (χ2v) is 3.88. The van der Waals surface area contributed by atoms with Gasteiger partial charge < -0.3 is 10.4 Å². The van der Waals surface area contributed by atoms with Gasteiger partial charge in [0, 0.05) is 18.0 Å². The summed E-state index contributed by atoms with van der Waals surface area (Å²) in [5, 5.41) is 18.9. The highest BCUT2D eigenvalue weighted by Gasteiger charge is 2.12. The lowest BCUT2D eigenvalue weighted by Crippen LogP contribution is -2.12. The first-order chi connectivity index (χ1) is 8.70. The largest absolute Gasteiger partial charge is 0.505 e. The molecule has 0 aromatic carbocycles. The topological polar surface area (TPSA) is 90.9 Å². The molecule has 2 aromatic rings. The average Bonchev–Trinajstić information content (AvgIpc) is 2.77. The highest BCUT2D eigenvalue weighted by atomic mass is 16.3. The van der Waals surface area contributed by atoms with Crippen LogP contribution in [0.5, 0.6) is 5.75 Å². The van der Waals surface area contributed by atoms with Crippen molar-refractivity contribution in [1.82, 2.24) is 15.2 Å². The fourth-order valence-corrected chi connectivity index (χ4v) is 1.58. The summed E-state index contributed by atoms with van der Waals surface area (Å²) in [7, 11) is 0. The Kier molecular flexibility index (Phi) is 3.57. The predicted octanol–water partition coefficient (Wildman–Crippen LogP) is 1.72. The van der Waals surface area contributed by atoms with Crippen molar-refractivity contribution >= 4 is 11.7 Å². The zero-order chi connectivity index (χ0) is 13.0. The van der Waals surface area contributed by atoms with E-state index in [9.17, 15) is 9.90 Å². The summed E-state index contributed by atoms with van der Waals surface area (Å²) in [6.07, 6.45) is 4.55. The SMILES string of the molecule is CCCc1cc(NC(=O)c2ccncc2O)n[nH]1. The van der Waals surface area contributed by atoms with Crippen molar-refractivity contribution in [2.45, 2.75) is 19.8 Å². The minimum absolute atomic E-state index is 0.153. The molecule has 0 fully saturated rings. The molecule has 94 valence electrons. The Morgan fingerprint density at radius 3 is 3.11 bits per heavy atom. The zero-order valence-corrected chi connectivity index (χ0v) is 9.97. The molecular formula is C12H14N4O2. The molecule has 0 radical (unpaired) electrons. The number of hydrogen-bond acceptors (Lipinski definition) is 4. The maximum absolute atomic E-state index is 11.8. The van der Waals surface area contributed by atoms with Gasteiger partial charge in [-0.3, -0.25) is 14.9 Å². The van der Waals surface area contributed by atoms with Crippen LogP contribution < -0.4 is 5.32 Å². The molecule has 0 saturated heterocycles. The Morgan fingerprint density at radius 1 is 1.56 bits per heavy atom. The number of anilines is 1. The number of rotatable bonds is 4. The van der Waals surface area contributed by atoms with Crippen LogP contribution in [-0.2, 0) is 6.42 Å². The number of carbonyl (C=O) groups excluding carboxylic acids is 1. The molecule has 2 aromatic heterocycles. The number of aromatic hydroxyl groups is 1. The van der Waals surface area contributed by atoms with Crippen molar-refractivity contribution in [3.63, 3.8) is 0 Å². The molecule has 0 aliphatic heterocycles. The molecule has 0 aliphatic carbocycles. The first kappa shape index (κ1) is 12.1. The number of aromatic amines is 1. The van der Waals surface area contributed by atoms with Gasteiger partial charge in [0.05, 0.1) is 11.8 Å². The number of pyridine rings is 1. The molecule has 18 heavy (non-hydrogen) atoms. The van der Waals surface area contributed by atoms with E-state index < -0.39 is 5.91 Å². The molecule has 3 N–H and O–H groups in total. The van der Waals surface area contributed by atoms with E-state index >= 15 is 0 Å². The molecule has 1 amide bonds. The van der Waals surface area contributed by atoms with Crippen LogP contribution in [-0.4, -0.2) is 26.2 Å². The number of H-pyrrole nitrogens is 1. The van der Waals surface area contributed by atoms with Gasteiger partial charge >= 0.3 is 0 Å². The monoisotopic (exact) mass is 246 g/mol. The number of amides is 1. The number of carbonyl (C=O) groups is 1. The van der Waals surface area contributed by atoms with Gasteiger partial charge in [0.15, 0.2) is 5.82 Å². The molecule has 6 heteroatoms. The average molecular weight is 246 g/mol. The molecule has 0 unspecified atom stereocenters. The summed E-state index contributed by atoms with van der Waals surface area (Å²) in [4.78, 5) is 15.6. The summed E-state index contributed by atoms with van der Waals surface area (Å²) in [6.45, 7) is 2.06. The van der Waals surface area contributed by atoms with Gasteiger partial charge in [-0.05, 0) is 12.5 Å². The van der Waals surface area contributed by atoms with Crippen LogP contribution in [0.1, 0.15) is 29.4 Å². The maximum Gasteiger partial charge on any atom is 0.260 e. The lowest BCUT2D eigenvalue weighted by Gasteiger charge is -2.02. The van der Waals surface area contributed by atoms with E-state index in [1.165, 1.54) is 18.5 Å². The van der Waals surface area contributed by atoms with Crippen molar-refractivity contribution < 1.29 is 9.90 Å². The van der Waals surface area contributed by atoms with E-state index in [2.05, 4.69) is 27.4 Å². The minimum atomic E-state index is -0.413. The van der Waals surface area contributed by atoms with Gasteiger partial charge in [-0.15, -0.1) is 0 Å². The zero-order valence-electron chi connectivity index (χ0n) is 9.97. The highest BCUT2D eigenvalue weighted by Crippen LogP contribution is 2.16. The van der Waals surface area contributed by atoms with E-state index in [4.69, 9.17) is 0 Å². The van der Waals surface area contributed by atoms with Crippen molar-refractivity contribution in [2.75, 3.05) is 5.32 Å². The van der Waals surface area contributed by atoms with Crippen molar-refractivity contribution in [2.24, 2.45) is 0 Å². The second-order valence-electron chi connectivity index (χ2n) is 3.88. The minimum Gasteiger partial charge on any atom is -0.505 e. The summed E-state index contributed by atoms with van der Waals surface area (Å²) in [5.41, 5.74) is 1.14. The van der Waals surface area contributed by atoms with Gasteiger partial charge in [0.1, 0.15) is 5.75 Å². The molecule has 0 spiro atoms. The third-order valence-corrected chi connectivity index (χ3v) is 2.44. The lowest BCUT2D eigenvalue weighted by atomic mass is 10.2. The maximum atomic E-state index is 11.8. The van der Waals surface area contributed by atoms with Crippen LogP contribution in [0.25, 0.3) is 0 Å². The Bertz CT molecular complexity index is 551. The van der Waals surface area contributed by atoms with E-state index in [0.29, 0.717) is 5.82 Å². The second kappa shape index (κ2) is 5.31. The van der Waals surface area contributed by atoms with E-state index in [0.717, 1.165) is 18.5 Å². The third kappa shape index (κ3) is 2.65. The quantitative estimate of drug-likeness (QED) is 0.766. The molecule has 2 heterocycles. The van der Waals surface area contributed by atoms with Crippen molar-refractivity contribution in [1.29, 1.82) is 0 Å². The smallest absolute Gasteiger partial charge is 0.260 e. The third-order valence-electron chi connectivity index (χ3n) is 2.44. The molecule has 0 saturated carbocycles. The predicted molar refractivity (Wildman–Crippen MR) is 66.4 cm³/mol. The highest BCUT2D eigenvalue weighted by molar-refractivity contribution is 6.05. The fourth-order valence-electron chi connectivity index (χ4n) is 1.58. The summed E-state index contributed by atoms with van der Waals surface area (Å²) < 4.78 is 0. The van der Waals surface area contributed by atoms with Crippen LogP contribution in [0.15, 0.2) is 24.5 Å². The Morgan fingerprint density at radius 2 is 2.39 bits per heavy atom. The summed E-state index contributed by atoms with van der Waals surface area (Å²) in [6, 6.07) is 3.23. The number of nitrogens with zero attached hydrogens (tertiary/aromatic N) is 2. The first-order valence-electron chi connectivity index (χ1n) is 5.69. The fraction of sp³-hybridized carbons (Fsp3) is 0.250. The lowest BCUT2D eigenvalue weighted by molar-refractivity contribution is 0.102. The number of aryl methyl sites for hydroxylation is 1. The van der Waals surface area contributed by atoms with Crippen LogP contribution in [0.2, 0.25) is 0 Å². The van der Waals surface area contributed by atoms with E-state index in [1.807, 2.05) is 0 Å². The summed E-state index contributed by atoms with van der Waals surface area (Å²) >= 11 is 0. The summed E-state index contributed by atoms with van der Waals surface area (Å²) in [5.74, 6) is -0.122. The van der Waals surface area contributed by atoms with Gasteiger partial charge in [0.2, 0.25) is 0 Å². The molecule has 2 rings (SSSR count). The van der Waals surface area contributed by atoms with Crippen LogP contribution in [0, 0.1) is 0 Å². The van der Waals surface area contributed by atoms with Gasteiger partial charge in [0.25, 0.3) is 5.91 Å². The van der Waals surface area contributed by atoms with Crippen LogP contribution >= 0.6 is 0 Å². The standard InChI is InChI=1S/C12H14N4O2/c1-2-3-8-6-11(16-15-8)14-12(18)9-4-5-13-7-10(9)17/h4-7,17H,2-3H2,1H3,(H2,14,15,16,18). The van der Waals surface area contributed by atoms with Crippen molar-refractivity contribution in [3.8, 4) is 5.75 Å². The molecule has 0 bridgehead atoms. The van der Waals surface area contributed by atoms with Crippen molar-refractivity contribution in [3.05, 3.63) is 35.8 Å². The normalized spacial score (nSPS) is 10.3. The van der Waals surface area contributed by atoms with Gasteiger partial charge in [-0.2, -0.15) is 5.10 Å². The molecule has 6 nitrogen and oxygen atoms in total. The van der Waals surface area contributed by atoms with E-state index in [-0.39, 0.29) is 11.3 Å². The van der Waals surface area contributed by atoms with Crippen LogP contribution in [0.4, 0.5) is 5.82 Å². The first-order valence-corrected chi connectivity index (χ1v) is 5.69. The Labute approximate surface area is 104 Å². The van der Waals surface area contributed by atoms with E-state index in [1.54, 1.807) is 6.07 Å². The molecule has 0 atom stereocenters. The van der Waals surface area contributed by atoms with Crippen LogP contribution in [0.3, 0.4) is 0 Å². The Balaban J connectivity index is 2.09. The number of hydrogen-bond donors (Lipinski definition) is 3. The van der Waals surface area contributed by atoms with Gasteiger partial charge in [-0.25, -0.2) is 0 Å². The Hall–Kier alpha value is -2.37. The molecular weight excluding hydrogens is 232 g/mol. The molecule has 0 aliphatic rings. The van der Waals surface area contributed by atoms with Gasteiger partial charge in [-0.1, -0.05) is 13.3 Å².